The highest BCUT2D eigenvalue weighted by Crippen LogP contribution is 2.28. The second-order valence-electron chi connectivity index (χ2n) is 7.63. The monoisotopic (exact) mass is 396 g/mol. The van der Waals surface area contributed by atoms with Crippen LogP contribution in [0.25, 0.3) is 11.2 Å². The van der Waals surface area contributed by atoms with E-state index in [1.54, 1.807) is 0 Å². The van der Waals surface area contributed by atoms with E-state index in [1.807, 2.05) is 19.3 Å². The summed E-state index contributed by atoms with van der Waals surface area (Å²) in [5, 5.41) is 12.9. The maximum atomic E-state index is 9.61. The Hall–Kier alpha value is -2.67. The maximum Gasteiger partial charge on any atom is 0.227 e. The predicted octanol–water partition coefficient (Wildman–Crippen LogP) is 4.01. The van der Waals surface area contributed by atoms with Gasteiger partial charge in [-0.3, -0.25) is 0 Å². The van der Waals surface area contributed by atoms with E-state index < -0.39 is 0 Å². The van der Waals surface area contributed by atoms with Crippen LogP contribution in [0.2, 0.25) is 0 Å². The van der Waals surface area contributed by atoms with E-state index in [9.17, 15) is 5.11 Å². The van der Waals surface area contributed by atoms with Gasteiger partial charge in [0, 0.05) is 19.1 Å². The van der Waals surface area contributed by atoms with Crippen molar-refractivity contribution < 1.29 is 5.11 Å². The van der Waals surface area contributed by atoms with Gasteiger partial charge in [-0.15, -0.1) is 0 Å². The van der Waals surface area contributed by atoms with Crippen LogP contribution in [0.15, 0.2) is 36.7 Å². The van der Waals surface area contributed by atoms with Gasteiger partial charge in [0.05, 0.1) is 19.0 Å². The van der Waals surface area contributed by atoms with Crippen LogP contribution in [0.1, 0.15) is 52.1 Å². The van der Waals surface area contributed by atoms with Crippen LogP contribution >= 0.6 is 0 Å². The number of hydrogen-bond acceptors (Lipinski definition) is 6. The summed E-state index contributed by atoms with van der Waals surface area (Å²) in [6, 6.07) is 10.6. The summed E-state index contributed by atoms with van der Waals surface area (Å²) in [4.78, 5) is 16.5. The fourth-order valence-corrected chi connectivity index (χ4v) is 3.36. The van der Waals surface area contributed by atoms with E-state index in [2.05, 4.69) is 64.8 Å². The molecule has 2 aromatic heterocycles. The van der Waals surface area contributed by atoms with Crippen LogP contribution in [0.3, 0.4) is 0 Å². The maximum absolute atomic E-state index is 9.61. The van der Waals surface area contributed by atoms with Crippen molar-refractivity contribution in [1.29, 1.82) is 0 Å². The molecule has 0 aliphatic carbocycles. The van der Waals surface area contributed by atoms with Gasteiger partial charge in [0.25, 0.3) is 0 Å². The number of hydrogen-bond donors (Lipinski definition) is 2. The Balaban J connectivity index is 2.09. The van der Waals surface area contributed by atoms with Gasteiger partial charge in [-0.25, -0.2) is 4.98 Å². The van der Waals surface area contributed by atoms with Crippen LogP contribution in [-0.2, 0) is 6.54 Å². The Bertz CT molecular complexity index is 904. The van der Waals surface area contributed by atoms with Gasteiger partial charge < -0.3 is 19.9 Å². The minimum absolute atomic E-state index is 0.0410. The molecule has 0 saturated carbocycles. The number of aromatic nitrogens is 4. The van der Waals surface area contributed by atoms with E-state index in [1.165, 1.54) is 5.56 Å². The molecule has 0 spiro atoms. The van der Waals surface area contributed by atoms with Crippen molar-refractivity contribution >= 4 is 22.9 Å². The van der Waals surface area contributed by atoms with Gasteiger partial charge in [0.1, 0.15) is 0 Å². The summed E-state index contributed by atoms with van der Waals surface area (Å²) in [7, 11) is 0. The lowest BCUT2D eigenvalue weighted by Crippen LogP contribution is -2.27. The molecule has 156 valence electrons. The van der Waals surface area contributed by atoms with Gasteiger partial charge in [0.2, 0.25) is 5.95 Å². The van der Waals surface area contributed by atoms with Crippen LogP contribution in [0.4, 0.5) is 11.8 Å². The summed E-state index contributed by atoms with van der Waals surface area (Å²) in [6.45, 7) is 10.1. The molecule has 7 heteroatoms. The van der Waals surface area contributed by atoms with Crippen molar-refractivity contribution in [3.63, 3.8) is 0 Å². The molecule has 29 heavy (non-hydrogen) atoms. The normalized spacial score (nSPS) is 12.5. The molecule has 0 amide bonds. The third-order valence-corrected chi connectivity index (χ3v) is 5.02. The van der Waals surface area contributed by atoms with Crippen molar-refractivity contribution in [3.05, 3.63) is 42.2 Å². The van der Waals surface area contributed by atoms with Crippen molar-refractivity contribution in [2.24, 2.45) is 0 Å². The Morgan fingerprint density at radius 1 is 1.14 bits per heavy atom. The standard InChI is InChI=1S/C22H32N6O/c1-5-12-27(13-17-10-8-7-9-11-17)20-19-21(28(15-23-19)16(3)4)26-22(25-20)24-18(6-2)14-29/h7-11,15-16,18,29H,5-6,12-14H2,1-4H3,(H,24,25,26)/t18-/m1/s1. The third kappa shape index (κ3) is 4.85. The molecule has 0 aliphatic rings. The molecule has 1 atom stereocenters. The SMILES string of the molecule is CCCN(Cc1ccccc1)c1nc(N[C@H](CC)CO)nc2c1ncn2C(C)C. The molecule has 0 unspecified atom stereocenters. The predicted molar refractivity (Wildman–Crippen MR) is 118 cm³/mol. The van der Waals surface area contributed by atoms with Crippen LogP contribution in [-0.4, -0.2) is 43.8 Å². The minimum Gasteiger partial charge on any atom is -0.394 e. The van der Waals surface area contributed by atoms with E-state index in [0.29, 0.717) is 5.95 Å². The van der Waals surface area contributed by atoms with E-state index in [4.69, 9.17) is 9.97 Å². The average Bonchev–Trinajstić information content (AvgIpc) is 3.16. The van der Waals surface area contributed by atoms with Crippen molar-refractivity contribution in [3.8, 4) is 0 Å². The van der Waals surface area contributed by atoms with Gasteiger partial charge in [-0.2, -0.15) is 9.97 Å². The molecule has 0 bridgehead atoms. The first kappa shape index (κ1) is 21.0. The first-order chi connectivity index (χ1) is 14.1. The zero-order valence-corrected chi connectivity index (χ0v) is 17.8. The molecule has 0 fully saturated rings. The van der Waals surface area contributed by atoms with Gasteiger partial charge >= 0.3 is 0 Å². The summed E-state index contributed by atoms with van der Waals surface area (Å²) in [5.74, 6) is 1.36. The number of rotatable bonds is 10. The number of fused-ring (bicyclic) bond motifs is 1. The van der Waals surface area contributed by atoms with Crippen molar-refractivity contribution in [1.82, 2.24) is 19.5 Å². The summed E-state index contributed by atoms with van der Waals surface area (Å²) >= 11 is 0. The second-order valence-corrected chi connectivity index (χ2v) is 7.63. The number of anilines is 2. The average molecular weight is 397 g/mol. The Kier molecular flexibility index (Phi) is 7.04. The van der Waals surface area contributed by atoms with E-state index in [0.717, 1.165) is 42.9 Å². The first-order valence-corrected chi connectivity index (χ1v) is 10.5. The zero-order valence-electron chi connectivity index (χ0n) is 17.8. The fraction of sp³-hybridized carbons (Fsp3) is 0.500. The number of nitrogens with one attached hydrogen (secondary N) is 1. The minimum atomic E-state index is -0.0792. The van der Waals surface area contributed by atoms with Gasteiger partial charge in [0.15, 0.2) is 17.0 Å². The van der Waals surface area contributed by atoms with Crippen LogP contribution in [0.5, 0.6) is 0 Å². The number of benzene rings is 1. The first-order valence-electron chi connectivity index (χ1n) is 10.5. The molecule has 7 nitrogen and oxygen atoms in total. The molecule has 3 rings (SSSR count). The van der Waals surface area contributed by atoms with E-state index in [-0.39, 0.29) is 18.7 Å². The van der Waals surface area contributed by atoms with Crippen molar-refractivity contribution in [2.45, 2.75) is 59.2 Å². The van der Waals surface area contributed by atoms with E-state index >= 15 is 0 Å². The molecule has 0 saturated heterocycles. The topological polar surface area (TPSA) is 79.1 Å². The second kappa shape index (κ2) is 9.69. The van der Waals surface area contributed by atoms with Gasteiger partial charge in [-0.05, 0) is 32.3 Å². The molecular formula is C22H32N6O. The molecular weight excluding hydrogens is 364 g/mol. The molecule has 3 aromatic rings. The highest BCUT2D eigenvalue weighted by molar-refractivity contribution is 5.85. The number of nitrogens with zero attached hydrogens (tertiary/aromatic N) is 5. The smallest absolute Gasteiger partial charge is 0.227 e. The lowest BCUT2D eigenvalue weighted by Gasteiger charge is -2.25. The Morgan fingerprint density at radius 3 is 2.52 bits per heavy atom. The van der Waals surface area contributed by atoms with Crippen LogP contribution in [0, 0.1) is 0 Å². The summed E-state index contributed by atoms with van der Waals surface area (Å²) in [5.41, 5.74) is 2.85. The molecule has 2 N–H and O–H groups in total. The highest BCUT2D eigenvalue weighted by atomic mass is 16.3. The summed E-state index contributed by atoms with van der Waals surface area (Å²) in [6.07, 6.45) is 3.63. The Labute approximate surface area is 172 Å². The van der Waals surface area contributed by atoms with Crippen LogP contribution < -0.4 is 10.2 Å². The Morgan fingerprint density at radius 2 is 1.90 bits per heavy atom. The lowest BCUT2D eigenvalue weighted by atomic mass is 10.2. The lowest BCUT2D eigenvalue weighted by molar-refractivity contribution is 0.271. The third-order valence-electron chi connectivity index (χ3n) is 5.02. The quantitative estimate of drug-likeness (QED) is 0.539. The molecule has 0 aliphatic heterocycles. The highest BCUT2D eigenvalue weighted by Gasteiger charge is 2.20. The van der Waals surface area contributed by atoms with Gasteiger partial charge in [-0.1, -0.05) is 44.2 Å². The van der Waals surface area contributed by atoms with Crippen molar-refractivity contribution in [2.75, 3.05) is 23.4 Å². The fourth-order valence-electron chi connectivity index (χ4n) is 3.36. The summed E-state index contributed by atoms with van der Waals surface area (Å²) < 4.78 is 2.07. The largest absolute Gasteiger partial charge is 0.394 e. The number of imidazole rings is 1. The zero-order chi connectivity index (χ0) is 20.8. The molecule has 0 radical (unpaired) electrons. The molecule has 1 aromatic carbocycles. The number of aliphatic hydroxyl groups is 1. The molecule has 2 heterocycles. The number of aliphatic hydroxyl groups excluding tert-OH is 1.